The molecule has 0 bridgehead atoms. The van der Waals surface area contributed by atoms with Crippen LogP contribution >= 0.6 is 0 Å². The zero-order valence-corrected chi connectivity index (χ0v) is 12.2. The van der Waals surface area contributed by atoms with Gasteiger partial charge in [-0.05, 0) is 18.2 Å². The maximum atomic E-state index is 12.0. The van der Waals surface area contributed by atoms with Crippen LogP contribution in [0.25, 0.3) is 11.3 Å². The van der Waals surface area contributed by atoms with Gasteiger partial charge in [0.25, 0.3) is 0 Å². The van der Waals surface area contributed by atoms with Crippen molar-refractivity contribution >= 4 is 0 Å². The number of rotatable bonds is 7. The third kappa shape index (κ3) is 4.77. The highest BCUT2D eigenvalue weighted by Crippen LogP contribution is 2.28. The van der Waals surface area contributed by atoms with Gasteiger partial charge in [-0.2, -0.15) is 18.3 Å². The zero-order chi connectivity index (χ0) is 16.0. The fourth-order valence-electron chi connectivity index (χ4n) is 2.03. The van der Waals surface area contributed by atoms with Gasteiger partial charge in [0, 0.05) is 31.9 Å². The number of halogens is 3. The standard InChI is InChI=1S/C15H18F3N3O/c1-21-13(6-8-20-21)12-4-2-3-5-14(12)22-11-10-19-9-7-15(16,17)18/h2-6,8,19H,7,9-11H2,1H3. The molecule has 22 heavy (non-hydrogen) atoms. The van der Waals surface area contributed by atoms with Gasteiger partial charge >= 0.3 is 6.18 Å². The minimum atomic E-state index is -4.13. The fourth-order valence-corrected chi connectivity index (χ4v) is 2.03. The summed E-state index contributed by atoms with van der Waals surface area (Å²) in [5.41, 5.74) is 1.82. The molecule has 0 unspecified atom stereocenters. The second kappa shape index (κ2) is 7.31. The number of nitrogens with one attached hydrogen (secondary N) is 1. The van der Waals surface area contributed by atoms with Crippen LogP contribution in [-0.2, 0) is 7.05 Å². The highest BCUT2D eigenvalue weighted by molar-refractivity contribution is 5.67. The van der Waals surface area contributed by atoms with Crippen molar-refractivity contribution in [1.29, 1.82) is 0 Å². The monoisotopic (exact) mass is 313 g/mol. The Morgan fingerprint density at radius 2 is 1.95 bits per heavy atom. The van der Waals surface area contributed by atoms with Crippen LogP contribution in [0.2, 0.25) is 0 Å². The molecule has 120 valence electrons. The van der Waals surface area contributed by atoms with Gasteiger partial charge < -0.3 is 10.1 Å². The van der Waals surface area contributed by atoms with Crippen LogP contribution in [0, 0.1) is 0 Å². The van der Waals surface area contributed by atoms with E-state index >= 15 is 0 Å². The number of para-hydroxylation sites is 1. The van der Waals surface area contributed by atoms with E-state index in [0.29, 0.717) is 18.9 Å². The molecule has 0 atom stereocenters. The summed E-state index contributed by atoms with van der Waals surface area (Å²) in [4.78, 5) is 0. The van der Waals surface area contributed by atoms with Crippen molar-refractivity contribution in [2.75, 3.05) is 19.7 Å². The SMILES string of the molecule is Cn1nccc1-c1ccccc1OCCNCCC(F)(F)F. The number of hydrogen-bond donors (Lipinski definition) is 1. The largest absolute Gasteiger partial charge is 0.492 e. The summed E-state index contributed by atoms with van der Waals surface area (Å²) in [6, 6.07) is 9.38. The van der Waals surface area contributed by atoms with Gasteiger partial charge in [-0.25, -0.2) is 0 Å². The van der Waals surface area contributed by atoms with E-state index < -0.39 is 12.6 Å². The molecule has 0 saturated heterocycles. The van der Waals surface area contributed by atoms with Gasteiger partial charge in [0.2, 0.25) is 0 Å². The maximum absolute atomic E-state index is 12.0. The molecule has 0 aliphatic carbocycles. The van der Waals surface area contributed by atoms with E-state index in [9.17, 15) is 13.2 Å². The average molecular weight is 313 g/mol. The molecule has 1 aromatic carbocycles. The van der Waals surface area contributed by atoms with Crippen LogP contribution in [0.15, 0.2) is 36.5 Å². The molecule has 0 aliphatic rings. The fraction of sp³-hybridized carbons (Fsp3) is 0.400. The summed E-state index contributed by atoms with van der Waals surface area (Å²) in [7, 11) is 1.84. The lowest BCUT2D eigenvalue weighted by molar-refractivity contribution is -0.133. The van der Waals surface area contributed by atoms with Crippen molar-refractivity contribution < 1.29 is 17.9 Å². The van der Waals surface area contributed by atoms with Gasteiger partial charge in [-0.1, -0.05) is 12.1 Å². The van der Waals surface area contributed by atoms with E-state index in [2.05, 4.69) is 10.4 Å². The highest BCUT2D eigenvalue weighted by atomic mass is 19.4. The zero-order valence-electron chi connectivity index (χ0n) is 12.2. The minimum Gasteiger partial charge on any atom is -0.492 e. The number of aryl methyl sites for hydroxylation is 1. The Balaban J connectivity index is 1.85. The number of nitrogens with zero attached hydrogens (tertiary/aromatic N) is 2. The molecule has 7 heteroatoms. The van der Waals surface area contributed by atoms with Crippen molar-refractivity contribution in [3.8, 4) is 17.0 Å². The summed E-state index contributed by atoms with van der Waals surface area (Å²) in [5.74, 6) is 0.684. The molecule has 0 saturated carbocycles. The van der Waals surface area contributed by atoms with Crippen LogP contribution in [0.1, 0.15) is 6.42 Å². The number of aromatic nitrogens is 2. The Morgan fingerprint density at radius 1 is 1.18 bits per heavy atom. The molecular formula is C15H18F3N3O. The average Bonchev–Trinajstić information content (AvgIpc) is 2.88. The van der Waals surface area contributed by atoms with Crippen LogP contribution in [-0.4, -0.2) is 35.7 Å². The number of ether oxygens (including phenoxy) is 1. The van der Waals surface area contributed by atoms with E-state index in [0.717, 1.165) is 11.3 Å². The van der Waals surface area contributed by atoms with Gasteiger partial charge in [0.05, 0.1) is 12.1 Å². The van der Waals surface area contributed by atoms with Crippen LogP contribution in [0.4, 0.5) is 13.2 Å². The Bertz CT molecular complexity index is 596. The lowest BCUT2D eigenvalue weighted by Crippen LogP contribution is -2.25. The molecule has 2 aromatic rings. The van der Waals surface area contributed by atoms with Gasteiger partial charge in [0.15, 0.2) is 0 Å². The molecule has 4 nitrogen and oxygen atoms in total. The van der Waals surface area contributed by atoms with E-state index in [1.807, 2.05) is 37.4 Å². The van der Waals surface area contributed by atoms with E-state index in [4.69, 9.17) is 4.74 Å². The molecule has 0 fully saturated rings. The van der Waals surface area contributed by atoms with Gasteiger partial charge in [-0.3, -0.25) is 4.68 Å². The number of alkyl halides is 3. The van der Waals surface area contributed by atoms with Crippen LogP contribution in [0.5, 0.6) is 5.75 Å². The predicted molar refractivity (Wildman–Crippen MR) is 77.7 cm³/mol. The second-order valence-corrected chi connectivity index (χ2v) is 4.80. The minimum absolute atomic E-state index is 0.101. The number of benzene rings is 1. The first-order valence-electron chi connectivity index (χ1n) is 6.95. The molecule has 2 rings (SSSR count). The molecule has 0 radical (unpaired) electrons. The van der Waals surface area contributed by atoms with E-state index in [1.165, 1.54) is 0 Å². The molecule has 1 aromatic heterocycles. The van der Waals surface area contributed by atoms with Crippen molar-refractivity contribution in [1.82, 2.24) is 15.1 Å². The third-order valence-electron chi connectivity index (χ3n) is 3.11. The molecule has 0 amide bonds. The van der Waals surface area contributed by atoms with Gasteiger partial charge in [0.1, 0.15) is 12.4 Å². The second-order valence-electron chi connectivity index (χ2n) is 4.80. The van der Waals surface area contributed by atoms with Crippen molar-refractivity contribution in [3.63, 3.8) is 0 Å². The predicted octanol–water partition coefficient (Wildman–Crippen LogP) is 3.01. The lowest BCUT2D eigenvalue weighted by atomic mass is 10.1. The number of hydrogen-bond acceptors (Lipinski definition) is 3. The molecule has 1 heterocycles. The van der Waals surface area contributed by atoms with Gasteiger partial charge in [-0.15, -0.1) is 0 Å². The molecular weight excluding hydrogens is 295 g/mol. The van der Waals surface area contributed by atoms with Crippen molar-refractivity contribution in [3.05, 3.63) is 36.5 Å². The lowest BCUT2D eigenvalue weighted by Gasteiger charge is -2.12. The first kappa shape index (κ1) is 16.4. The van der Waals surface area contributed by atoms with Crippen LogP contribution in [0.3, 0.4) is 0 Å². The Morgan fingerprint density at radius 3 is 2.64 bits per heavy atom. The summed E-state index contributed by atoms with van der Waals surface area (Å²) in [6.07, 6.45) is -3.26. The highest BCUT2D eigenvalue weighted by Gasteiger charge is 2.25. The first-order chi connectivity index (χ1) is 10.5. The Hall–Kier alpha value is -2.02. The van der Waals surface area contributed by atoms with Crippen molar-refractivity contribution in [2.24, 2.45) is 7.05 Å². The maximum Gasteiger partial charge on any atom is 0.390 e. The molecule has 0 spiro atoms. The summed E-state index contributed by atoms with van der Waals surface area (Å²) < 4.78 is 43.4. The molecule has 1 N–H and O–H groups in total. The van der Waals surface area contributed by atoms with Crippen molar-refractivity contribution in [2.45, 2.75) is 12.6 Å². The first-order valence-corrected chi connectivity index (χ1v) is 6.95. The van der Waals surface area contributed by atoms with E-state index in [1.54, 1.807) is 10.9 Å². The van der Waals surface area contributed by atoms with E-state index in [-0.39, 0.29) is 6.54 Å². The Kier molecular flexibility index (Phi) is 5.43. The topological polar surface area (TPSA) is 39.1 Å². The summed E-state index contributed by atoms with van der Waals surface area (Å²) >= 11 is 0. The normalized spacial score (nSPS) is 11.6. The Labute approximate surface area is 126 Å². The van der Waals surface area contributed by atoms with Crippen LogP contribution < -0.4 is 10.1 Å². The smallest absolute Gasteiger partial charge is 0.390 e. The summed E-state index contributed by atoms with van der Waals surface area (Å²) in [6.45, 7) is 0.554. The summed E-state index contributed by atoms with van der Waals surface area (Å²) in [5, 5.41) is 6.84. The molecule has 0 aliphatic heterocycles. The quantitative estimate of drug-likeness (QED) is 0.799. The third-order valence-corrected chi connectivity index (χ3v) is 3.11.